The van der Waals surface area contributed by atoms with Crippen LogP contribution < -0.4 is 25.8 Å². The molecule has 164 valence electrons. The number of rotatable bonds is 8. The molecule has 10 heteroatoms. The Labute approximate surface area is 183 Å². The maximum atomic E-state index is 12.4. The molecule has 10 nitrogen and oxygen atoms in total. The standard InChI is InChI=1S/C22H21N5O5/c1-31-17-4-2-3-15(9-17)12-25-21(29)19-10-18(26-13-27-19)20(28)24-11-14-5-7-16(8-6-14)32-22(23)30/h2-10,13H,11-12H2,1H3,(H2,23,30)(H,24,28)(H,25,29). The van der Waals surface area contributed by atoms with Crippen LogP contribution in [0.5, 0.6) is 11.5 Å². The van der Waals surface area contributed by atoms with Crippen molar-refractivity contribution in [3.8, 4) is 11.5 Å². The number of amides is 3. The third kappa shape index (κ3) is 6.26. The van der Waals surface area contributed by atoms with Crippen molar-refractivity contribution in [2.75, 3.05) is 7.11 Å². The molecule has 0 radical (unpaired) electrons. The second kappa shape index (κ2) is 10.5. The number of aromatic nitrogens is 2. The van der Waals surface area contributed by atoms with E-state index in [1.807, 2.05) is 24.3 Å². The summed E-state index contributed by atoms with van der Waals surface area (Å²) in [5, 5.41) is 5.45. The molecule has 0 fully saturated rings. The highest BCUT2D eigenvalue weighted by atomic mass is 16.5. The van der Waals surface area contributed by atoms with Crippen LogP contribution in [0.4, 0.5) is 4.79 Å². The van der Waals surface area contributed by atoms with Gasteiger partial charge in [0.1, 0.15) is 29.2 Å². The van der Waals surface area contributed by atoms with E-state index in [-0.39, 0.29) is 24.5 Å². The third-order valence-electron chi connectivity index (χ3n) is 4.31. The van der Waals surface area contributed by atoms with Gasteiger partial charge in [0.05, 0.1) is 7.11 Å². The Kier molecular flexibility index (Phi) is 7.31. The molecular formula is C22H21N5O5. The highest BCUT2D eigenvalue weighted by molar-refractivity contribution is 5.97. The van der Waals surface area contributed by atoms with Crippen molar-refractivity contribution >= 4 is 17.9 Å². The summed E-state index contributed by atoms with van der Waals surface area (Å²) in [4.78, 5) is 43.5. The molecule has 0 spiro atoms. The van der Waals surface area contributed by atoms with Crippen LogP contribution in [0, 0.1) is 0 Å². The number of benzene rings is 2. The first-order valence-electron chi connectivity index (χ1n) is 9.52. The van der Waals surface area contributed by atoms with Crippen molar-refractivity contribution in [3.05, 3.63) is 83.4 Å². The quantitative estimate of drug-likeness (QED) is 0.489. The fraction of sp³-hybridized carbons (Fsp3) is 0.136. The Bertz CT molecular complexity index is 1120. The average Bonchev–Trinajstić information content (AvgIpc) is 2.81. The lowest BCUT2D eigenvalue weighted by Crippen LogP contribution is -2.27. The van der Waals surface area contributed by atoms with Crippen molar-refractivity contribution in [2.24, 2.45) is 5.73 Å². The predicted molar refractivity (Wildman–Crippen MR) is 114 cm³/mol. The molecule has 1 heterocycles. The first-order valence-corrected chi connectivity index (χ1v) is 9.52. The van der Waals surface area contributed by atoms with Crippen molar-refractivity contribution in [2.45, 2.75) is 13.1 Å². The Balaban J connectivity index is 1.56. The van der Waals surface area contributed by atoms with Crippen molar-refractivity contribution < 1.29 is 23.9 Å². The van der Waals surface area contributed by atoms with Crippen LogP contribution in [0.1, 0.15) is 32.1 Å². The van der Waals surface area contributed by atoms with Crippen LogP contribution in [0.3, 0.4) is 0 Å². The molecule has 0 saturated heterocycles. The van der Waals surface area contributed by atoms with E-state index in [0.717, 1.165) is 17.5 Å². The van der Waals surface area contributed by atoms with Gasteiger partial charge in [-0.25, -0.2) is 14.8 Å². The molecule has 3 rings (SSSR count). The lowest BCUT2D eigenvalue weighted by molar-refractivity contribution is 0.0944. The molecule has 2 aromatic carbocycles. The van der Waals surface area contributed by atoms with E-state index >= 15 is 0 Å². The van der Waals surface area contributed by atoms with Gasteiger partial charge in [0.2, 0.25) is 0 Å². The normalized spacial score (nSPS) is 10.2. The molecule has 3 amide bonds. The minimum Gasteiger partial charge on any atom is -0.497 e. The molecule has 1 aromatic heterocycles. The molecule has 0 aliphatic heterocycles. The molecule has 0 aliphatic rings. The maximum absolute atomic E-state index is 12.4. The van der Waals surface area contributed by atoms with Crippen molar-refractivity contribution in [3.63, 3.8) is 0 Å². The molecule has 0 unspecified atom stereocenters. The zero-order chi connectivity index (χ0) is 22.9. The second-order valence-electron chi connectivity index (χ2n) is 6.57. The van der Waals surface area contributed by atoms with E-state index in [1.54, 1.807) is 31.4 Å². The molecule has 32 heavy (non-hydrogen) atoms. The summed E-state index contributed by atoms with van der Waals surface area (Å²) in [5.74, 6) is 0.0850. The van der Waals surface area contributed by atoms with Crippen molar-refractivity contribution in [1.29, 1.82) is 0 Å². The first-order chi connectivity index (χ1) is 15.4. The first kappa shape index (κ1) is 22.2. The lowest BCUT2D eigenvalue weighted by atomic mass is 10.2. The SMILES string of the molecule is COc1cccc(CNC(=O)c2cc(C(=O)NCc3ccc(OC(N)=O)cc3)ncn2)c1. The van der Waals surface area contributed by atoms with Crippen LogP contribution in [-0.2, 0) is 13.1 Å². The minimum atomic E-state index is -0.904. The number of ether oxygens (including phenoxy) is 2. The predicted octanol–water partition coefficient (Wildman–Crippen LogP) is 1.80. The molecule has 0 saturated carbocycles. The van der Waals surface area contributed by atoms with Gasteiger partial charge >= 0.3 is 6.09 Å². The summed E-state index contributed by atoms with van der Waals surface area (Å²) in [6.45, 7) is 0.480. The molecule has 0 atom stereocenters. The van der Waals surface area contributed by atoms with Gasteiger partial charge in [-0.1, -0.05) is 24.3 Å². The van der Waals surface area contributed by atoms with E-state index in [1.165, 1.54) is 6.07 Å². The van der Waals surface area contributed by atoms with Crippen LogP contribution in [0.25, 0.3) is 0 Å². The Morgan fingerprint density at radius 1 is 0.844 bits per heavy atom. The highest BCUT2D eigenvalue weighted by Crippen LogP contribution is 2.13. The van der Waals surface area contributed by atoms with E-state index in [2.05, 4.69) is 20.6 Å². The fourth-order valence-electron chi connectivity index (χ4n) is 2.73. The summed E-state index contributed by atoms with van der Waals surface area (Å²) < 4.78 is 9.91. The smallest absolute Gasteiger partial charge is 0.409 e. The Morgan fingerprint density at radius 3 is 2.06 bits per heavy atom. The Hall–Kier alpha value is -4.47. The van der Waals surface area contributed by atoms with Crippen LogP contribution in [-0.4, -0.2) is 35.0 Å². The fourth-order valence-corrected chi connectivity index (χ4v) is 2.73. The molecule has 0 bridgehead atoms. The molecule has 0 aliphatic carbocycles. The highest BCUT2D eigenvalue weighted by Gasteiger charge is 2.13. The van der Waals surface area contributed by atoms with E-state index in [4.69, 9.17) is 15.2 Å². The van der Waals surface area contributed by atoms with Gasteiger partial charge < -0.3 is 25.8 Å². The summed E-state index contributed by atoms with van der Waals surface area (Å²) in [6, 6.07) is 15.1. The lowest BCUT2D eigenvalue weighted by Gasteiger charge is -2.08. The van der Waals surface area contributed by atoms with Crippen LogP contribution in [0.15, 0.2) is 60.9 Å². The van der Waals surface area contributed by atoms with E-state index in [0.29, 0.717) is 11.5 Å². The monoisotopic (exact) mass is 435 g/mol. The van der Waals surface area contributed by atoms with Crippen molar-refractivity contribution in [1.82, 2.24) is 20.6 Å². The molecule has 3 aromatic rings. The number of hydrogen-bond acceptors (Lipinski definition) is 7. The van der Waals surface area contributed by atoms with Gasteiger partial charge in [-0.15, -0.1) is 0 Å². The van der Waals surface area contributed by atoms with E-state index in [9.17, 15) is 14.4 Å². The average molecular weight is 435 g/mol. The van der Waals surface area contributed by atoms with Gasteiger partial charge in [0.25, 0.3) is 11.8 Å². The molecular weight excluding hydrogens is 414 g/mol. The van der Waals surface area contributed by atoms with E-state index < -0.39 is 17.9 Å². The maximum Gasteiger partial charge on any atom is 0.409 e. The summed E-state index contributed by atoms with van der Waals surface area (Å²) >= 11 is 0. The van der Waals surface area contributed by atoms with Gasteiger partial charge in [0, 0.05) is 19.2 Å². The minimum absolute atomic E-state index is 0.0558. The summed E-state index contributed by atoms with van der Waals surface area (Å²) in [5.41, 5.74) is 6.70. The molecule has 4 N–H and O–H groups in total. The third-order valence-corrected chi connectivity index (χ3v) is 4.31. The topological polar surface area (TPSA) is 146 Å². The van der Waals surface area contributed by atoms with Gasteiger partial charge in [-0.3, -0.25) is 9.59 Å². The van der Waals surface area contributed by atoms with Gasteiger partial charge in [-0.05, 0) is 35.4 Å². The van der Waals surface area contributed by atoms with Crippen LogP contribution >= 0.6 is 0 Å². The van der Waals surface area contributed by atoms with Gasteiger partial charge in [0.15, 0.2) is 0 Å². The number of carbonyl (C=O) groups is 3. The number of hydrogen-bond donors (Lipinski definition) is 3. The summed E-state index contributed by atoms with van der Waals surface area (Å²) in [6.07, 6.45) is 0.254. The van der Waals surface area contributed by atoms with Gasteiger partial charge in [-0.2, -0.15) is 0 Å². The second-order valence-corrected chi connectivity index (χ2v) is 6.57. The number of primary amides is 1. The zero-order valence-electron chi connectivity index (χ0n) is 17.2. The number of carbonyl (C=O) groups excluding carboxylic acids is 3. The van der Waals surface area contributed by atoms with Crippen LogP contribution in [0.2, 0.25) is 0 Å². The zero-order valence-corrected chi connectivity index (χ0v) is 17.2. The largest absolute Gasteiger partial charge is 0.497 e. The Morgan fingerprint density at radius 2 is 1.47 bits per heavy atom. The number of nitrogens with one attached hydrogen (secondary N) is 2. The summed E-state index contributed by atoms with van der Waals surface area (Å²) in [7, 11) is 1.57. The number of methoxy groups -OCH3 is 1. The number of nitrogens with two attached hydrogens (primary N) is 1. The number of nitrogens with zero attached hydrogens (tertiary/aromatic N) is 2.